The van der Waals surface area contributed by atoms with Gasteiger partial charge in [-0.15, -0.1) is 0 Å². The second-order valence-electron chi connectivity index (χ2n) is 10.4. The number of nitrogens with one attached hydrogen (secondary N) is 1. The van der Waals surface area contributed by atoms with Crippen LogP contribution in [0.1, 0.15) is 117 Å². The lowest BCUT2D eigenvalue weighted by Crippen LogP contribution is -2.46. The van der Waals surface area contributed by atoms with Gasteiger partial charge in [0.2, 0.25) is 0 Å². The minimum Gasteiger partial charge on any atom is -0.389 e. The van der Waals surface area contributed by atoms with E-state index in [0.29, 0.717) is 26.1 Å². The number of unbranched alkanes of at least 4 members (excludes halogenated alkanes) is 12. The molecule has 0 aromatic carbocycles. The standard InChI is InChI=1S/C29H60N2O5/c1-4-6-8-10-12-14-16-20-33-26-18-19-28(35-24-25(32)23-31-3)36-27(22-30)29(26)34-21-17-15-13-11-9-7-5-2/h25-29,31-32H,4-24,30H2,1-3H3. The Morgan fingerprint density at radius 2 is 1.36 bits per heavy atom. The smallest absolute Gasteiger partial charge is 0.158 e. The molecular formula is C29H60N2O5. The van der Waals surface area contributed by atoms with Crippen LogP contribution in [-0.4, -0.2) is 75.8 Å². The molecule has 5 unspecified atom stereocenters. The van der Waals surface area contributed by atoms with Crippen LogP contribution in [-0.2, 0) is 18.9 Å². The third kappa shape index (κ3) is 16.5. The van der Waals surface area contributed by atoms with E-state index >= 15 is 0 Å². The predicted octanol–water partition coefficient (Wildman–Crippen LogP) is 5.32. The van der Waals surface area contributed by atoms with Gasteiger partial charge in [0.1, 0.15) is 12.2 Å². The second-order valence-corrected chi connectivity index (χ2v) is 10.4. The zero-order valence-corrected chi connectivity index (χ0v) is 23.9. The van der Waals surface area contributed by atoms with Crippen LogP contribution >= 0.6 is 0 Å². The average Bonchev–Trinajstić information content (AvgIpc) is 3.05. The normalized spacial score (nSPS) is 23.6. The Kier molecular flexibility index (Phi) is 22.3. The van der Waals surface area contributed by atoms with Gasteiger partial charge in [-0.2, -0.15) is 0 Å². The van der Waals surface area contributed by atoms with Crippen LogP contribution in [0.4, 0.5) is 0 Å². The Hall–Kier alpha value is -0.280. The molecule has 0 aromatic heterocycles. The molecule has 1 rings (SSSR count). The van der Waals surface area contributed by atoms with Crippen molar-refractivity contribution >= 4 is 0 Å². The first-order valence-corrected chi connectivity index (χ1v) is 15.2. The first-order chi connectivity index (χ1) is 17.7. The van der Waals surface area contributed by atoms with Gasteiger partial charge in [-0.3, -0.25) is 0 Å². The molecule has 36 heavy (non-hydrogen) atoms. The van der Waals surface area contributed by atoms with Crippen molar-refractivity contribution in [2.75, 3.05) is 40.0 Å². The van der Waals surface area contributed by atoms with Crippen molar-refractivity contribution in [2.24, 2.45) is 5.73 Å². The fourth-order valence-electron chi connectivity index (χ4n) is 4.83. The molecule has 1 heterocycles. The number of rotatable bonds is 24. The highest BCUT2D eigenvalue weighted by Crippen LogP contribution is 2.26. The van der Waals surface area contributed by atoms with Gasteiger partial charge < -0.3 is 35.1 Å². The molecule has 1 saturated heterocycles. The van der Waals surface area contributed by atoms with Crippen molar-refractivity contribution < 1.29 is 24.1 Å². The fraction of sp³-hybridized carbons (Fsp3) is 1.00. The van der Waals surface area contributed by atoms with Crippen molar-refractivity contribution in [3.63, 3.8) is 0 Å². The van der Waals surface area contributed by atoms with E-state index < -0.39 is 12.4 Å². The van der Waals surface area contributed by atoms with Crippen molar-refractivity contribution in [2.45, 2.75) is 147 Å². The quantitative estimate of drug-likeness (QED) is 0.149. The Morgan fingerprint density at radius 1 is 0.806 bits per heavy atom. The molecule has 0 spiro atoms. The lowest BCUT2D eigenvalue weighted by atomic mass is 10.0. The van der Waals surface area contributed by atoms with Crippen molar-refractivity contribution in [3.8, 4) is 0 Å². The van der Waals surface area contributed by atoms with Crippen LogP contribution in [0.15, 0.2) is 0 Å². The molecule has 0 radical (unpaired) electrons. The van der Waals surface area contributed by atoms with E-state index in [9.17, 15) is 5.11 Å². The van der Waals surface area contributed by atoms with E-state index in [4.69, 9.17) is 24.7 Å². The highest BCUT2D eigenvalue weighted by Gasteiger charge is 2.37. The maximum Gasteiger partial charge on any atom is 0.158 e. The van der Waals surface area contributed by atoms with Gasteiger partial charge in [-0.05, 0) is 26.3 Å². The van der Waals surface area contributed by atoms with Gasteiger partial charge in [-0.25, -0.2) is 0 Å². The number of aliphatic hydroxyl groups excluding tert-OH is 1. The molecule has 0 saturated carbocycles. The molecule has 0 bridgehead atoms. The van der Waals surface area contributed by atoms with E-state index in [1.807, 2.05) is 7.05 Å². The molecule has 216 valence electrons. The van der Waals surface area contributed by atoms with Crippen LogP contribution in [0.3, 0.4) is 0 Å². The van der Waals surface area contributed by atoms with Gasteiger partial charge >= 0.3 is 0 Å². The summed E-state index contributed by atoms with van der Waals surface area (Å²) < 4.78 is 25.0. The number of aliphatic hydroxyl groups is 1. The van der Waals surface area contributed by atoms with Gasteiger partial charge in [0.05, 0.1) is 18.8 Å². The molecule has 4 N–H and O–H groups in total. The van der Waals surface area contributed by atoms with Gasteiger partial charge in [0, 0.05) is 32.7 Å². The Labute approximate surface area is 222 Å². The maximum atomic E-state index is 10.0. The summed E-state index contributed by atoms with van der Waals surface area (Å²) in [5.74, 6) is 0. The molecule has 1 fully saturated rings. The number of ether oxygens (including phenoxy) is 4. The van der Waals surface area contributed by atoms with Gasteiger partial charge in [0.15, 0.2) is 6.29 Å². The number of nitrogens with two attached hydrogens (primary N) is 1. The van der Waals surface area contributed by atoms with Crippen LogP contribution in [0.2, 0.25) is 0 Å². The second kappa shape index (κ2) is 23.8. The largest absolute Gasteiger partial charge is 0.389 e. The van der Waals surface area contributed by atoms with E-state index in [-0.39, 0.29) is 24.9 Å². The molecule has 1 aliphatic rings. The monoisotopic (exact) mass is 516 g/mol. The summed E-state index contributed by atoms with van der Waals surface area (Å²) in [6.45, 7) is 7.05. The minimum absolute atomic E-state index is 0.0426. The molecule has 0 aliphatic carbocycles. The van der Waals surface area contributed by atoms with Crippen molar-refractivity contribution in [1.82, 2.24) is 5.32 Å². The molecule has 0 aromatic rings. The van der Waals surface area contributed by atoms with Crippen LogP contribution in [0.5, 0.6) is 0 Å². The SMILES string of the molecule is CCCCCCCCCOC1CCC(OCC(O)CNC)OC(CN)C1OCCCCCCCCC. The molecule has 5 atom stereocenters. The first-order valence-electron chi connectivity index (χ1n) is 15.2. The lowest BCUT2D eigenvalue weighted by molar-refractivity contribution is -0.202. The number of likely N-dealkylation sites (N-methyl/N-ethyl adjacent to an activating group) is 1. The van der Waals surface area contributed by atoms with E-state index in [1.54, 1.807) is 0 Å². The lowest BCUT2D eigenvalue weighted by Gasteiger charge is -2.31. The topological polar surface area (TPSA) is 95.2 Å². The number of hydrogen-bond donors (Lipinski definition) is 3. The third-order valence-corrected chi connectivity index (χ3v) is 7.03. The van der Waals surface area contributed by atoms with Crippen molar-refractivity contribution in [1.29, 1.82) is 0 Å². The van der Waals surface area contributed by atoms with Crippen LogP contribution in [0.25, 0.3) is 0 Å². The van der Waals surface area contributed by atoms with Crippen LogP contribution in [0, 0.1) is 0 Å². The highest BCUT2D eigenvalue weighted by molar-refractivity contribution is 4.84. The minimum atomic E-state index is -0.563. The molecule has 7 heteroatoms. The molecule has 1 aliphatic heterocycles. The highest BCUT2D eigenvalue weighted by atomic mass is 16.7. The summed E-state index contributed by atoms with van der Waals surface area (Å²) in [6, 6.07) is 0. The van der Waals surface area contributed by atoms with Crippen LogP contribution < -0.4 is 11.1 Å². The van der Waals surface area contributed by atoms with E-state index in [1.165, 1.54) is 77.0 Å². The summed E-state index contributed by atoms with van der Waals surface area (Å²) in [5, 5.41) is 13.0. The molecular weight excluding hydrogens is 456 g/mol. The molecule has 0 amide bonds. The van der Waals surface area contributed by atoms with Gasteiger partial charge in [-0.1, -0.05) is 90.9 Å². The summed E-state index contributed by atoms with van der Waals surface area (Å²) in [5.41, 5.74) is 6.15. The zero-order chi connectivity index (χ0) is 26.3. The average molecular weight is 517 g/mol. The number of hydrogen-bond acceptors (Lipinski definition) is 7. The van der Waals surface area contributed by atoms with E-state index in [2.05, 4.69) is 19.2 Å². The Bertz CT molecular complexity index is 471. The van der Waals surface area contributed by atoms with Crippen molar-refractivity contribution in [3.05, 3.63) is 0 Å². The van der Waals surface area contributed by atoms with Gasteiger partial charge in [0.25, 0.3) is 0 Å². The summed E-state index contributed by atoms with van der Waals surface area (Å²) in [7, 11) is 1.82. The summed E-state index contributed by atoms with van der Waals surface area (Å²) >= 11 is 0. The third-order valence-electron chi connectivity index (χ3n) is 7.03. The molecule has 7 nitrogen and oxygen atoms in total. The zero-order valence-electron chi connectivity index (χ0n) is 23.9. The van der Waals surface area contributed by atoms with E-state index in [0.717, 1.165) is 25.9 Å². The predicted molar refractivity (Wildman–Crippen MR) is 148 cm³/mol. The maximum absolute atomic E-state index is 10.0. The fourth-order valence-corrected chi connectivity index (χ4v) is 4.83. The first kappa shape index (κ1) is 33.7. The summed E-state index contributed by atoms with van der Waals surface area (Å²) in [6.07, 6.45) is 17.7. The summed E-state index contributed by atoms with van der Waals surface area (Å²) in [4.78, 5) is 0. The Balaban J connectivity index is 2.55. The Morgan fingerprint density at radius 3 is 1.92 bits per heavy atom.